The van der Waals surface area contributed by atoms with E-state index in [1.165, 1.54) is 18.2 Å². The first-order valence-corrected chi connectivity index (χ1v) is 8.60. The molecular weight excluding hydrogens is 332 g/mol. The summed E-state index contributed by atoms with van der Waals surface area (Å²) in [6, 6.07) is 11.7. The van der Waals surface area contributed by atoms with Crippen molar-refractivity contribution < 1.29 is 13.3 Å². The van der Waals surface area contributed by atoms with Gasteiger partial charge in [-0.15, -0.1) is 0 Å². The first kappa shape index (κ1) is 15.9. The summed E-state index contributed by atoms with van der Waals surface area (Å²) < 4.78 is 27.3. The van der Waals surface area contributed by atoms with Gasteiger partial charge >= 0.3 is 0 Å². The molecule has 1 aliphatic rings. The van der Waals surface area contributed by atoms with Crippen LogP contribution in [0.4, 0.5) is 11.4 Å². The second kappa shape index (κ2) is 6.28. The molecule has 0 aliphatic carbocycles. The molecule has 0 radical (unpaired) electrons. The van der Waals surface area contributed by atoms with Crippen LogP contribution in [0.5, 0.6) is 0 Å². The topological polar surface area (TPSA) is 114 Å². The third-order valence-electron chi connectivity index (χ3n) is 3.40. The quantitative estimate of drug-likeness (QED) is 0.632. The average Bonchev–Trinajstić information content (AvgIpc) is 3.09. The largest absolute Gasteiger partial charge is 0.368 e. The molecule has 2 N–H and O–H groups in total. The lowest BCUT2D eigenvalue weighted by Crippen LogP contribution is -2.20. The fourth-order valence-corrected chi connectivity index (χ4v) is 3.39. The lowest BCUT2D eigenvalue weighted by atomic mass is 10.2. The Morgan fingerprint density at radius 1 is 1.17 bits per heavy atom. The van der Waals surface area contributed by atoms with Crippen LogP contribution in [-0.4, -0.2) is 32.3 Å². The molecule has 0 aromatic heterocycles. The second-order valence-electron chi connectivity index (χ2n) is 5.10. The number of rotatable bonds is 5. The molecule has 0 unspecified atom stereocenters. The van der Waals surface area contributed by atoms with Crippen molar-refractivity contribution in [1.29, 1.82) is 0 Å². The molecule has 24 heavy (non-hydrogen) atoms. The van der Waals surface area contributed by atoms with Gasteiger partial charge in [-0.1, -0.05) is 18.2 Å². The Bertz CT molecular complexity index is 925. The molecule has 2 aromatic carbocycles. The van der Waals surface area contributed by atoms with E-state index in [2.05, 4.69) is 15.0 Å². The number of nitro benzene ring substituents is 1. The number of nitrogens with zero attached hydrogens (tertiary/aromatic N) is 2. The van der Waals surface area contributed by atoms with Crippen molar-refractivity contribution in [2.24, 2.45) is 4.99 Å². The lowest BCUT2D eigenvalue weighted by Gasteiger charge is -2.10. The number of benzene rings is 2. The molecule has 3 rings (SSSR count). The van der Waals surface area contributed by atoms with Gasteiger partial charge in [-0.3, -0.25) is 19.8 Å². The van der Waals surface area contributed by atoms with E-state index in [0.29, 0.717) is 18.1 Å². The summed E-state index contributed by atoms with van der Waals surface area (Å²) in [6.45, 7) is 1.43. The van der Waals surface area contributed by atoms with Gasteiger partial charge in [0.1, 0.15) is 5.84 Å². The number of amidine groups is 1. The molecule has 0 atom stereocenters. The molecule has 0 saturated heterocycles. The number of hydrogen-bond acceptors (Lipinski definition) is 6. The van der Waals surface area contributed by atoms with Gasteiger partial charge in [0, 0.05) is 29.9 Å². The van der Waals surface area contributed by atoms with Gasteiger partial charge in [-0.2, -0.15) is 0 Å². The van der Waals surface area contributed by atoms with Crippen LogP contribution in [-0.2, 0) is 10.0 Å². The highest BCUT2D eigenvalue weighted by Gasteiger charge is 2.18. The Morgan fingerprint density at radius 3 is 2.67 bits per heavy atom. The standard InChI is InChI=1S/C15H14N4O4S/c20-19(21)13-5-2-6-14(10-13)24(22,23)18-12-4-1-3-11(9-12)15-16-7-8-17-15/h1-6,9-10,18H,7-8H2,(H,16,17). The van der Waals surface area contributed by atoms with Gasteiger partial charge in [0.2, 0.25) is 0 Å². The Labute approximate surface area is 138 Å². The smallest absolute Gasteiger partial charge is 0.270 e. The zero-order valence-electron chi connectivity index (χ0n) is 12.5. The van der Waals surface area contributed by atoms with Crippen LogP contribution in [0.3, 0.4) is 0 Å². The third-order valence-corrected chi connectivity index (χ3v) is 4.78. The van der Waals surface area contributed by atoms with Crippen molar-refractivity contribution in [3.63, 3.8) is 0 Å². The summed E-state index contributed by atoms with van der Waals surface area (Å²) in [4.78, 5) is 14.3. The molecule has 1 heterocycles. The summed E-state index contributed by atoms with van der Waals surface area (Å²) >= 11 is 0. The van der Waals surface area contributed by atoms with E-state index < -0.39 is 14.9 Å². The SMILES string of the molecule is O=[N+]([O-])c1cccc(S(=O)(=O)Nc2cccc(C3=NCCN3)c2)c1. The van der Waals surface area contributed by atoms with Crippen molar-refractivity contribution in [2.45, 2.75) is 4.90 Å². The molecule has 8 nitrogen and oxygen atoms in total. The maximum absolute atomic E-state index is 12.4. The van der Waals surface area contributed by atoms with E-state index in [1.807, 2.05) is 6.07 Å². The maximum Gasteiger partial charge on any atom is 0.270 e. The van der Waals surface area contributed by atoms with Crippen molar-refractivity contribution in [3.8, 4) is 0 Å². The van der Waals surface area contributed by atoms with Crippen LogP contribution in [0.15, 0.2) is 58.4 Å². The predicted octanol–water partition coefficient (Wildman–Crippen LogP) is 1.75. The van der Waals surface area contributed by atoms with E-state index in [4.69, 9.17) is 0 Å². The molecule has 0 spiro atoms. The number of anilines is 1. The fraction of sp³-hybridized carbons (Fsp3) is 0.133. The number of hydrogen-bond donors (Lipinski definition) is 2. The van der Waals surface area contributed by atoms with Gasteiger partial charge in [0.25, 0.3) is 15.7 Å². The average molecular weight is 346 g/mol. The highest BCUT2D eigenvalue weighted by Crippen LogP contribution is 2.21. The van der Waals surface area contributed by atoms with Crippen LogP contribution in [0.25, 0.3) is 0 Å². The number of sulfonamides is 1. The predicted molar refractivity (Wildman–Crippen MR) is 89.8 cm³/mol. The van der Waals surface area contributed by atoms with Crippen LogP contribution in [0, 0.1) is 10.1 Å². The molecule has 0 saturated carbocycles. The molecular formula is C15H14N4O4S. The van der Waals surface area contributed by atoms with Crippen LogP contribution in [0.1, 0.15) is 5.56 Å². The first-order valence-electron chi connectivity index (χ1n) is 7.12. The van der Waals surface area contributed by atoms with Crippen molar-refractivity contribution in [2.75, 3.05) is 17.8 Å². The normalized spacial score (nSPS) is 13.9. The Hall–Kier alpha value is -2.94. The molecule has 2 aromatic rings. The minimum absolute atomic E-state index is 0.168. The summed E-state index contributed by atoms with van der Waals surface area (Å²) in [5, 5.41) is 13.9. The molecule has 9 heteroatoms. The molecule has 0 amide bonds. The van der Waals surface area contributed by atoms with E-state index in [9.17, 15) is 18.5 Å². The monoisotopic (exact) mass is 346 g/mol. The van der Waals surface area contributed by atoms with Gasteiger partial charge < -0.3 is 5.32 Å². The van der Waals surface area contributed by atoms with E-state index in [1.54, 1.807) is 18.2 Å². The molecule has 0 bridgehead atoms. The van der Waals surface area contributed by atoms with E-state index in [-0.39, 0.29) is 10.6 Å². The van der Waals surface area contributed by atoms with Gasteiger partial charge in [-0.25, -0.2) is 8.42 Å². The summed E-state index contributed by atoms with van der Waals surface area (Å²) in [5.41, 5.74) is 0.846. The fourth-order valence-electron chi connectivity index (χ4n) is 2.30. The van der Waals surface area contributed by atoms with E-state index in [0.717, 1.165) is 18.2 Å². The number of aliphatic imine (C=N–C) groups is 1. The highest BCUT2D eigenvalue weighted by atomic mass is 32.2. The number of non-ortho nitro benzene ring substituents is 1. The van der Waals surface area contributed by atoms with Gasteiger partial charge in [-0.05, 0) is 18.2 Å². The van der Waals surface area contributed by atoms with Crippen LogP contribution < -0.4 is 10.0 Å². The van der Waals surface area contributed by atoms with Crippen LogP contribution in [0.2, 0.25) is 0 Å². The summed E-state index contributed by atoms with van der Waals surface area (Å²) in [7, 11) is -3.92. The zero-order valence-corrected chi connectivity index (χ0v) is 13.3. The van der Waals surface area contributed by atoms with Crippen molar-refractivity contribution >= 4 is 27.2 Å². The van der Waals surface area contributed by atoms with Crippen LogP contribution >= 0.6 is 0 Å². The lowest BCUT2D eigenvalue weighted by molar-refractivity contribution is -0.385. The maximum atomic E-state index is 12.4. The van der Waals surface area contributed by atoms with Crippen molar-refractivity contribution in [3.05, 3.63) is 64.2 Å². The second-order valence-corrected chi connectivity index (χ2v) is 6.78. The van der Waals surface area contributed by atoms with Gasteiger partial charge in [0.05, 0.1) is 16.4 Å². The summed E-state index contributed by atoms with van der Waals surface area (Å²) in [5.74, 6) is 0.714. The molecule has 0 fully saturated rings. The molecule has 124 valence electrons. The van der Waals surface area contributed by atoms with E-state index >= 15 is 0 Å². The Morgan fingerprint density at radius 2 is 1.96 bits per heavy atom. The Kier molecular flexibility index (Phi) is 4.17. The zero-order chi connectivity index (χ0) is 17.2. The first-order chi connectivity index (χ1) is 11.5. The molecule has 1 aliphatic heterocycles. The minimum atomic E-state index is -3.92. The number of nitrogens with one attached hydrogen (secondary N) is 2. The highest BCUT2D eigenvalue weighted by molar-refractivity contribution is 7.92. The van der Waals surface area contributed by atoms with Gasteiger partial charge in [0.15, 0.2) is 0 Å². The Balaban J connectivity index is 1.88. The third kappa shape index (κ3) is 3.35. The minimum Gasteiger partial charge on any atom is -0.368 e. The summed E-state index contributed by atoms with van der Waals surface area (Å²) in [6.07, 6.45) is 0. The number of nitro groups is 1. The van der Waals surface area contributed by atoms with Crippen molar-refractivity contribution in [1.82, 2.24) is 5.32 Å².